The minimum Gasteiger partial charge on any atom is -0.375 e. The Balaban J connectivity index is 1.87. The van der Waals surface area contributed by atoms with Gasteiger partial charge in [-0.3, -0.25) is 4.79 Å². The molecule has 0 aromatic carbocycles. The van der Waals surface area contributed by atoms with Crippen LogP contribution in [0.3, 0.4) is 0 Å². The summed E-state index contributed by atoms with van der Waals surface area (Å²) in [5.41, 5.74) is 0. The van der Waals surface area contributed by atoms with Crippen LogP contribution in [0, 0.1) is 5.92 Å². The Kier molecular flexibility index (Phi) is 6.30. The van der Waals surface area contributed by atoms with E-state index < -0.39 is 0 Å². The molecule has 1 aliphatic heterocycles. The van der Waals surface area contributed by atoms with Crippen LogP contribution < -0.4 is 5.32 Å². The van der Waals surface area contributed by atoms with Crippen molar-refractivity contribution in [2.24, 2.45) is 5.92 Å². The maximum Gasteiger partial charge on any atom is 0.225 e. The number of morpholine rings is 1. The van der Waals surface area contributed by atoms with E-state index in [-0.39, 0.29) is 6.10 Å². The molecule has 0 aromatic heterocycles. The molecule has 1 aliphatic carbocycles. The molecule has 4 nitrogen and oxygen atoms in total. The second kappa shape index (κ2) is 7.99. The van der Waals surface area contributed by atoms with Crippen molar-refractivity contribution in [3.8, 4) is 0 Å². The van der Waals surface area contributed by atoms with Crippen LogP contribution in [0.2, 0.25) is 0 Å². The molecule has 2 fully saturated rings. The van der Waals surface area contributed by atoms with Gasteiger partial charge in [-0.15, -0.1) is 0 Å². The predicted octanol–water partition coefficient (Wildman–Crippen LogP) is 2.18. The van der Waals surface area contributed by atoms with Gasteiger partial charge in [0.15, 0.2) is 0 Å². The van der Waals surface area contributed by atoms with Gasteiger partial charge in [0, 0.05) is 25.7 Å². The van der Waals surface area contributed by atoms with Gasteiger partial charge in [0.1, 0.15) is 0 Å². The zero-order chi connectivity index (χ0) is 14.4. The highest BCUT2D eigenvalue weighted by Crippen LogP contribution is 2.25. The molecule has 1 heterocycles. The predicted molar refractivity (Wildman–Crippen MR) is 80.7 cm³/mol. The molecule has 116 valence electrons. The third kappa shape index (κ3) is 4.74. The summed E-state index contributed by atoms with van der Waals surface area (Å²) >= 11 is 0. The molecule has 1 N–H and O–H groups in total. The highest BCUT2D eigenvalue weighted by Gasteiger charge is 2.28. The Morgan fingerprint density at radius 1 is 1.35 bits per heavy atom. The minimum absolute atomic E-state index is 0.0687. The lowest BCUT2D eigenvalue weighted by molar-refractivity contribution is -0.137. The number of hydrogen-bond acceptors (Lipinski definition) is 3. The second-order valence-corrected chi connectivity index (χ2v) is 6.61. The Bertz CT molecular complexity index is 295. The van der Waals surface area contributed by atoms with Crippen molar-refractivity contribution in [1.29, 1.82) is 0 Å². The first-order valence-electron chi connectivity index (χ1n) is 8.28. The molecule has 1 amide bonds. The first kappa shape index (κ1) is 15.8. The Labute approximate surface area is 123 Å². The summed E-state index contributed by atoms with van der Waals surface area (Å²) in [4.78, 5) is 14.8. The van der Waals surface area contributed by atoms with Crippen molar-refractivity contribution in [3.05, 3.63) is 0 Å². The van der Waals surface area contributed by atoms with Crippen LogP contribution in [0.1, 0.15) is 52.4 Å². The molecule has 0 radical (unpaired) electrons. The van der Waals surface area contributed by atoms with Gasteiger partial charge in [0.05, 0.1) is 19.1 Å². The van der Waals surface area contributed by atoms with E-state index >= 15 is 0 Å². The van der Waals surface area contributed by atoms with Gasteiger partial charge in [0.2, 0.25) is 5.91 Å². The first-order chi connectivity index (χ1) is 9.66. The van der Waals surface area contributed by atoms with Crippen molar-refractivity contribution in [2.75, 3.05) is 26.2 Å². The molecule has 1 atom stereocenters. The summed E-state index contributed by atoms with van der Waals surface area (Å²) in [6.45, 7) is 7.82. The van der Waals surface area contributed by atoms with Crippen molar-refractivity contribution in [3.63, 3.8) is 0 Å². The van der Waals surface area contributed by atoms with Crippen LogP contribution in [0.25, 0.3) is 0 Å². The summed E-state index contributed by atoms with van der Waals surface area (Å²) in [6, 6.07) is 0.484. The SMILES string of the molecule is CC(C)CCN(C(=O)CC1CNCCO1)C1CCCC1. The summed E-state index contributed by atoms with van der Waals surface area (Å²) < 4.78 is 5.68. The fourth-order valence-electron chi connectivity index (χ4n) is 3.19. The normalized spacial score (nSPS) is 24.2. The Hall–Kier alpha value is -0.610. The zero-order valence-electron chi connectivity index (χ0n) is 13.1. The average molecular weight is 282 g/mol. The molecule has 1 unspecified atom stereocenters. The summed E-state index contributed by atoms with van der Waals surface area (Å²) in [6.07, 6.45) is 6.64. The minimum atomic E-state index is 0.0687. The van der Waals surface area contributed by atoms with Crippen LogP contribution in [-0.4, -0.2) is 49.2 Å². The lowest BCUT2D eigenvalue weighted by atomic mass is 10.1. The second-order valence-electron chi connectivity index (χ2n) is 6.61. The van der Waals surface area contributed by atoms with E-state index in [9.17, 15) is 4.79 Å². The number of carbonyl (C=O) groups is 1. The molecule has 0 aromatic rings. The van der Waals surface area contributed by atoms with Gasteiger partial charge in [-0.05, 0) is 25.2 Å². The Morgan fingerprint density at radius 2 is 2.10 bits per heavy atom. The van der Waals surface area contributed by atoms with Crippen LogP contribution in [-0.2, 0) is 9.53 Å². The van der Waals surface area contributed by atoms with Gasteiger partial charge < -0.3 is 15.0 Å². The molecule has 20 heavy (non-hydrogen) atoms. The van der Waals surface area contributed by atoms with Gasteiger partial charge >= 0.3 is 0 Å². The van der Waals surface area contributed by atoms with E-state index in [1.54, 1.807) is 0 Å². The maximum absolute atomic E-state index is 12.6. The van der Waals surface area contributed by atoms with Crippen LogP contribution >= 0.6 is 0 Å². The van der Waals surface area contributed by atoms with E-state index in [2.05, 4.69) is 24.1 Å². The zero-order valence-corrected chi connectivity index (χ0v) is 13.1. The molecule has 1 saturated carbocycles. The third-order valence-corrected chi connectivity index (χ3v) is 4.44. The summed E-state index contributed by atoms with van der Waals surface area (Å²) in [5, 5.41) is 3.30. The van der Waals surface area contributed by atoms with E-state index in [1.807, 2.05) is 0 Å². The van der Waals surface area contributed by atoms with Crippen LogP contribution in [0.15, 0.2) is 0 Å². The molecule has 0 bridgehead atoms. The number of nitrogens with one attached hydrogen (secondary N) is 1. The monoisotopic (exact) mass is 282 g/mol. The van der Waals surface area contributed by atoms with E-state index in [1.165, 1.54) is 25.7 Å². The number of nitrogens with zero attached hydrogens (tertiary/aromatic N) is 1. The average Bonchev–Trinajstić information content (AvgIpc) is 2.93. The molecular weight excluding hydrogens is 252 g/mol. The van der Waals surface area contributed by atoms with Gasteiger partial charge in [-0.1, -0.05) is 26.7 Å². The topological polar surface area (TPSA) is 41.6 Å². The van der Waals surface area contributed by atoms with E-state index in [0.29, 0.717) is 24.3 Å². The maximum atomic E-state index is 12.6. The highest BCUT2D eigenvalue weighted by molar-refractivity contribution is 5.77. The Morgan fingerprint density at radius 3 is 2.70 bits per heavy atom. The van der Waals surface area contributed by atoms with Crippen molar-refractivity contribution in [2.45, 2.75) is 64.5 Å². The number of ether oxygens (including phenoxy) is 1. The first-order valence-corrected chi connectivity index (χ1v) is 8.28. The quantitative estimate of drug-likeness (QED) is 0.812. The van der Waals surface area contributed by atoms with Crippen LogP contribution in [0.5, 0.6) is 0 Å². The van der Waals surface area contributed by atoms with E-state index in [4.69, 9.17) is 4.74 Å². The number of rotatable bonds is 6. The lowest BCUT2D eigenvalue weighted by Gasteiger charge is -2.32. The van der Waals surface area contributed by atoms with Gasteiger partial charge in [0.25, 0.3) is 0 Å². The van der Waals surface area contributed by atoms with E-state index in [0.717, 1.165) is 32.7 Å². The third-order valence-electron chi connectivity index (χ3n) is 4.44. The molecule has 2 aliphatic rings. The smallest absolute Gasteiger partial charge is 0.225 e. The van der Waals surface area contributed by atoms with Crippen molar-refractivity contribution >= 4 is 5.91 Å². The molecule has 1 saturated heterocycles. The summed E-state index contributed by atoms with van der Waals surface area (Å²) in [5.74, 6) is 0.950. The number of hydrogen-bond donors (Lipinski definition) is 1. The molecule has 2 rings (SSSR count). The van der Waals surface area contributed by atoms with Gasteiger partial charge in [-0.25, -0.2) is 0 Å². The molecule has 0 spiro atoms. The highest BCUT2D eigenvalue weighted by atomic mass is 16.5. The largest absolute Gasteiger partial charge is 0.375 e. The summed E-state index contributed by atoms with van der Waals surface area (Å²) in [7, 11) is 0. The fraction of sp³-hybridized carbons (Fsp3) is 0.938. The van der Waals surface area contributed by atoms with Crippen LogP contribution in [0.4, 0.5) is 0 Å². The number of amides is 1. The fourth-order valence-corrected chi connectivity index (χ4v) is 3.19. The molecular formula is C16H30N2O2. The van der Waals surface area contributed by atoms with Gasteiger partial charge in [-0.2, -0.15) is 0 Å². The van der Waals surface area contributed by atoms with Crippen molar-refractivity contribution in [1.82, 2.24) is 10.2 Å². The molecule has 4 heteroatoms. The standard InChI is InChI=1S/C16H30N2O2/c1-13(2)7-9-18(14-5-3-4-6-14)16(19)11-15-12-17-8-10-20-15/h13-15,17H,3-12H2,1-2H3. The number of carbonyl (C=O) groups excluding carboxylic acids is 1. The van der Waals surface area contributed by atoms with Crippen molar-refractivity contribution < 1.29 is 9.53 Å². The lowest BCUT2D eigenvalue weighted by Crippen LogP contribution is -2.45.